The lowest BCUT2D eigenvalue weighted by Gasteiger charge is -2.09. The lowest BCUT2D eigenvalue weighted by Crippen LogP contribution is -2.11. The molecule has 0 aliphatic heterocycles. The van der Waals surface area contributed by atoms with E-state index < -0.39 is 17.9 Å². The molecule has 0 fully saturated rings. The summed E-state index contributed by atoms with van der Waals surface area (Å²) in [5, 5.41) is 3.48. The molecule has 2 N–H and O–H groups in total. The second-order valence-corrected chi connectivity index (χ2v) is 5.15. The van der Waals surface area contributed by atoms with Gasteiger partial charge >= 0.3 is 6.18 Å². The second-order valence-electron chi connectivity index (χ2n) is 5.15. The van der Waals surface area contributed by atoms with Gasteiger partial charge in [0, 0.05) is 11.9 Å². The summed E-state index contributed by atoms with van der Waals surface area (Å²) in [4.78, 5) is 11.6. The van der Waals surface area contributed by atoms with Crippen LogP contribution in [0.5, 0.6) is 0 Å². The molecule has 0 atom stereocenters. The first-order valence-electron chi connectivity index (χ1n) is 7.13. The Labute approximate surface area is 138 Å². The molecule has 126 valence electrons. The van der Waals surface area contributed by atoms with E-state index in [9.17, 15) is 13.2 Å². The molecule has 4 rings (SSSR count). The molecule has 7 nitrogen and oxygen atoms in total. The molecule has 0 radical (unpaired) electrons. The average molecular weight is 345 g/mol. The Morgan fingerprint density at radius 3 is 2.44 bits per heavy atom. The van der Waals surface area contributed by atoms with Gasteiger partial charge in [-0.25, -0.2) is 4.98 Å². The summed E-state index contributed by atoms with van der Waals surface area (Å²) < 4.78 is 41.2. The van der Waals surface area contributed by atoms with Gasteiger partial charge in [-0.05, 0) is 18.2 Å². The number of hydrogen-bond acceptors (Lipinski definition) is 5. The van der Waals surface area contributed by atoms with Gasteiger partial charge in [0.15, 0.2) is 0 Å². The van der Waals surface area contributed by atoms with Crippen molar-refractivity contribution in [2.75, 3.05) is 5.73 Å². The number of hydrogen-bond donors (Lipinski definition) is 1. The molecule has 0 spiro atoms. The summed E-state index contributed by atoms with van der Waals surface area (Å²) >= 11 is 0. The zero-order valence-corrected chi connectivity index (χ0v) is 12.5. The van der Waals surface area contributed by atoms with Gasteiger partial charge in [0.2, 0.25) is 11.9 Å². The molecule has 0 amide bonds. The van der Waals surface area contributed by atoms with Crippen molar-refractivity contribution in [2.24, 2.45) is 0 Å². The molecular formula is C15H10F3N7. The van der Waals surface area contributed by atoms with Gasteiger partial charge in [0.1, 0.15) is 5.52 Å². The van der Waals surface area contributed by atoms with Crippen LogP contribution in [0.1, 0.15) is 5.82 Å². The molecule has 4 aromatic rings. The van der Waals surface area contributed by atoms with Crippen LogP contribution >= 0.6 is 0 Å². The number of halogens is 3. The number of benzene rings is 1. The van der Waals surface area contributed by atoms with Crippen LogP contribution in [0.2, 0.25) is 0 Å². The number of alkyl halides is 3. The minimum absolute atomic E-state index is 0.0923. The molecule has 0 saturated heterocycles. The van der Waals surface area contributed by atoms with Gasteiger partial charge in [-0.2, -0.15) is 22.8 Å². The molecule has 25 heavy (non-hydrogen) atoms. The number of anilines is 1. The van der Waals surface area contributed by atoms with E-state index in [2.05, 4.69) is 20.1 Å². The highest BCUT2D eigenvalue weighted by molar-refractivity contribution is 5.78. The lowest BCUT2D eigenvalue weighted by atomic mass is 10.3. The van der Waals surface area contributed by atoms with Gasteiger partial charge < -0.3 is 5.73 Å². The largest absolute Gasteiger partial charge is 0.453 e. The van der Waals surface area contributed by atoms with E-state index in [1.54, 1.807) is 41.1 Å². The minimum atomic E-state index is -4.70. The maximum absolute atomic E-state index is 12.9. The van der Waals surface area contributed by atoms with E-state index in [0.717, 1.165) is 4.68 Å². The van der Waals surface area contributed by atoms with Gasteiger partial charge in [-0.3, -0.25) is 9.55 Å². The predicted molar refractivity (Wildman–Crippen MR) is 83.2 cm³/mol. The highest BCUT2D eigenvalue weighted by atomic mass is 19.4. The number of aromatic nitrogens is 6. The SMILES string of the molecule is Nc1nc(C(F)(F)F)nn1-c1nc2cnccc2n1-c1ccccc1. The zero-order valence-electron chi connectivity index (χ0n) is 12.5. The Bertz CT molecular complexity index is 1050. The fourth-order valence-corrected chi connectivity index (χ4v) is 2.48. The van der Waals surface area contributed by atoms with Crippen molar-refractivity contribution in [1.82, 2.24) is 29.3 Å². The van der Waals surface area contributed by atoms with Crippen molar-refractivity contribution >= 4 is 17.0 Å². The molecule has 3 heterocycles. The molecule has 10 heteroatoms. The van der Waals surface area contributed by atoms with Crippen LogP contribution < -0.4 is 5.73 Å². The van der Waals surface area contributed by atoms with Crippen molar-refractivity contribution in [3.8, 4) is 11.6 Å². The highest BCUT2D eigenvalue weighted by Gasteiger charge is 2.37. The van der Waals surface area contributed by atoms with Crippen LogP contribution in [0.15, 0.2) is 48.8 Å². The first kappa shape index (κ1) is 15.1. The lowest BCUT2D eigenvalue weighted by molar-refractivity contribution is -0.144. The third kappa shape index (κ3) is 2.47. The Morgan fingerprint density at radius 1 is 1.00 bits per heavy atom. The Balaban J connectivity index is 2.02. The molecule has 0 bridgehead atoms. The molecule has 0 saturated carbocycles. The summed E-state index contributed by atoms with van der Waals surface area (Å²) in [6, 6.07) is 10.7. The predicted octanol–water partition coefficient (Wildman–Crippen LogP) is 2.60. The van der Waals surface area contributed by atoms with E-state index in [4.69, 9.17) is 5.73 Å². The number of nitrogens with zero attached hydrogens (tertiary/aromatic N) is 6. The van der Waals surface area contributed by atoms with Gasteiger partial charge in [0.25, 0.3) is 5.82 Å². The quantitative estimate of drug-likeness (QED) is 0.603. The van der Waals surface area contributed by atoms with E-state index in [1.165, 1.54) is 6.20 Å². The number of nitrogen functional groups attached to an aromatic ring is 1. The standard InChI is InChI=1S/C15H10F3N7/c16-15(17,18)12-22-13(19)25(23-12)14-21-10-8-20-7-6-11(10)24(14)9-4-2-1-3-5-9/h1-8H,(H2,19,22,23). The number of fused-ring (bicyclic) bond motifs is 1. The van der Waals surface area contributed by atoms with Crippen LogP contribution in [-0.4, -0.2) is 29.3 Å². The van der Waals surface area contributed by atoms with Crippen molar-refractivity contribution in [1.29, 1.82) is 0 Å². The molecular weight excluding hydrogens is 335 g/mol. The van der Waals surface area contributed by atoms with Crippen molar-refractivity contribution in [2.45, 2.75) is 6.18 Å². The first-order valence-corrected chi connectivity index (χ1v) is 7.13. The summed E-state index contributed by atoms with van der Waals surface area (Å²) in [7, 11) is 0. The van der Waals surface area contributed by atoms with Crippen LogP contribution in [0.4, 0.5) is 19.1 Å². The van der Waals surface area contributed by atoms with Crippen molar-refractivity contribution < 1.29 is 13.2 Å². The van der Waals surface area contributed by atoms with E-state index in [0.29, 0.717) is 16.7 Å². The number of nitrogens with two attached hydrogens (primary N) is 1. The van der Waals surface area contributed by atoms with Crippen LogP contribution in [0.25, 0.3) is 22.7 Å². The fourth-order valence-electron chi connectivity index (χ4n) is 2.48. The van der Waals surface area contributed by atoms with Gasteiger partial charge in [0.05, 0.1) is 11.7 Å². The summed E-state index contributed by atoms with van der Waals surface area (Å²) in [5.74, 6) is -1.64. The van der Waals surface area contributed by atoms with Crippen LogP contribution in [0.3, 0.4) is 0 Å². The number of pyridine rings is 1. The number of imidazole rings is 1. The molecule has 0 aliphatic carbocycles. The highest BCUT2D eigenvalue weighted by Crippen LogP contribution is 2.29. The zero-order chi connectivity index (χ0) is 17.6. The smallest absolute Gasteiger partial charge is 0.368 e. The fraction of sp³-hybridized carbons (Fsp3) is 0.0667. The Morgan fingerprint density at radius 2 is 1.76 bits per heavy atom. The minimum Gasteiger partial charge on any atom is -0.368 e. The maximum atomic E-state index is 12.9. The second kappa shape index (κ2) is 5.30. The topological polar surface area (TPSA) is 87.4 Å². The third-order valence-electron chi connectivity index (χ3n) is 3.53. The maximum Gasteiger partial charge on any atom is 0.453 e. The van der Waals surface area contributed by atoms with Gasteiger partial charge in [-0.1, -0.05) is 18.2 Å². The Hall–Kier alpha value is -3.43. The van der Waals surface area contributed by atoms with Crippen molar-refractivity contribution in [3.05, 3.63) is 54.6 Å². The van der Waals surface area contributed by atoms with Gasteiger partial charge in [-0.15, -0.1) is 5.10 Å². The summed E-state index contributed by atoms with van der Waals surface area (Å²) in [6.07, 6.45) is -1.63. The normalized spacial score (nSPS) is 12.0. The number of rotatable bonds is 2. The van der Waals surface area contributed by atoms with E-state index in [1.807, 2.05) is 6.07 Å². The molecule has 1 aromatic carbocycles. The summed E-state index contributed by atoms with van der Waals surface area (Å²) in [6.45, 7) is 0. The number of para-hydroxylation sites is 1. The first-order chi connectivity index (χ1) is 11.9. The van der Waals surface area contributed by atoms with Crippen LogP contribution in [-0.2, 0) is 6.18 Å². The summed E-state index contributed by atoms with van der Waals surface area (Å²) in [5.41, 5.74) is 7.49. The van der Waals surface area contributed by atoms with E-state index >= 15 is 0 Å². The molecule has 0 unspecified atom stereocenters. The molecule has 3 aromatic heterocycles. The van der Waals surface area contributed by atoms with E-state index in [-0.39, 0.29) is 5.95 Å². The third-order valence-corrected chi connectivity index (χ3v) is 3.53. The van der Waals surface area contributed by atoms with Crippen LogP contribution in [0, 0.1) is 0 Å². The van der Waals surface area contributed by atoms with Crippen molar-refractivity contribution in [3.63, 3.8) is 0 Å². The monoisotopic (exact) mass is 345 g/mol. The average Bonchev–Trinajstić information content (AvgIpc) is 3.15. The Kier molecular flexibility index (Phi) is 3.20. The molecule has 0 aliphatic rings.